The molecule has 0 spiro atoms. The summed E-state index contributed by atoms with van der Waals surface area (Å²) < 4.78 is 0. The summed E-state index contributed by atoms with van der Waals surface area (Å²) in [5.74, 6) is 0. The molecule has 0 bridgehead atoms. The summed E-state index contributed by atoms with van der Waals surface area (Å²) >= 11 is 15.1. The van der Waals surface area contributed by atoms with Gasteiger partial charge in [-0.1, -0.05) is 88.0 Å². The minimum Gasteiger partial charge on any atom is -0.283 e. The van der Waals surface area contributed by atoms with Crippen LogP contribution < -0.4 is 0 Å². The quantitative estimate of drug-likeness (QED) is 0.306. The van der Waals surface area contributed by atoms with Gasteiger partial charge < -0.3 is 0 Å². The van der Waals surface area contributed by atoms with Gasteiger partial charge in [0.25, 0.3) is 0 Å². The largest absolute Gasteiger partial charge is 0.283 e. The number of hydrogen-bond acceptors (Lipinski definition) is 2. The van der Waals surface area contributed by atoms with Crippen molar-refractivity contribution in [2.75, 3.05) is 13.1 Å². The Morgan fingerprint density at radius 2 is 1.12 bits per heavy atom. The van der Waals surface area contributed by atoms with Crippen molar-refractivity contribution in [3.63, 3.8) is 0 Å². The Bertz CT molecular complexity index is 499. The van der Waals surface area contributed by atoms with Gasteiger partial charge in [-0.2, -0.15) is 0 Å². The molecule has 134 valence electrons. The molecule has 0 saturated carbocycles. The molecular formula is C18H24Br4N2. The summed E-state index contributed by atoms with van der Waals surface area (Å²) in [6, 6.07) is 10.4. The molecule has 2 heterocycles. The Labute approximate surface area is 179 Å². The van der Waals surface area contributed by atoms with E-state index in [1.807, 2.05) is 0 Å². The molecular weight excluding hydrogens is 564 g/mol. The predicted octanol–water partition coefficient (Wildman–Crippen LogP) is 6.19. The molecule has 24 heavy (non-hydrogen) atoms. The van der Waals surface area contributed by atoms with Crippen molar-refractivity contribution in [3.05, 3.63) is 35.4 Å². The Kier molecular flexibility index (Phi) is 6.92. The molecule has 1 aromatic rings. The van der Waals surface area contributed by atoms with E-state index in [1.54, 1.807) is 0 Å². The fourth-order valence-electron chi connectivity index (χ4n) is 4.00. The SMILES string of the molecule is CC(Br)N1CC(Br)CC1c1ccc(C2CC(Br)CN2C(C)Br)cc1. The zero-order valence-electron chi connectivity index (χ0n) is 14.0. The van der Waals surface area contributed by atoms with E-state index >= 15 is 0 Å². The van der Waals surface area contributed by atoms with Crippen molar-refractivity contribution < 1.29 is 0 Å². The summed E-state index contributed by atoms with van der Waals surface area (Å²) in [6.07, 6.45) is 2.35. The van der Waals surface area contributed by atoms with Crippen LogP contribution in [0.2, 0.25) is 0 Å². The molecule has 2 aliphatic heterocycles. The highest BCUT2D eigenvalue weighted by Crippen LogP contribution is 2.40. The number of halogens is 4. The zero-order valence-corrected chi connectivity index (χ0v) is 20.4. The molecule has 2 nitrogen and oxygen atoms in total. The van der Waals surface area contributed by atoms with Crippen LogP contribution in [0.1, 0.15) is 49.9 Å². The number of likely N-dealkylation sites (tertiary alicyclic amines) is 2. The van der Waals surface area contributed by atoms with E-state index in [4.69, 9.17) is 0 Å². The lowest BCUT2D eigenvalue weighted by Crippen LogP contribution is -2.29. The first-order chi connectivity index (χ1) is 11.4. The predicted molar refractivity (Wildman–Crippen MR) is 117 cm³/mol. The zero-order chi connectivity index (χ0) is 17.4. The van der Waals surface area contributed by atoms with Crippen LogP contribution in [0, 0.1) is 0 Å². The van der Waals surface area contributed by atoms with E-state index in [-0.39, 0.29) is 0 Å². The van der Waals surface area contributed by atoms with Gasteiger partial charge in [-0.3, -0.25) is 9.80 Å². The van der Waals surface area contributed by atoms with E-state index in [2.05, 4.69) is 112 Å². The van der Waals surface area contributed by atoms with Crippen molar-refractivity contribution >= 4 is 63.7 Å². The summed E-state index contributed by atoms with van der Waals surface area (Å²) in [6.45, 7) is 6.63. The van der Waals surface area contributed by atoms with Gasteiger partial charge in [0.15, 0.2) is 0 Å². The highest BCUT2D eigenvalue weighted by molar-refractivity contribution is 9.10. The summed E-state index contributed by atoms with van der Waals surface area (Å²) in [5.41, 5.74) is 2.86. The lowest BCUT2D eigenvalue weighted by molar-refractivity contribution is 0.251. The fraction of sp³-hybridized carbons (Fsp3) is 0.667. The Balaban J connectivity index is 1.78. The molecule has 0 aromatic heterocycles. The maximum Gasteiger partial charge on any atom is 0.0632 e. The van der Waals surface area contributed by atoms with Gasteiger partial charge in [0.1, 0.15) is 0 Å². The minimum absolute atomic E-state index is 0.401. The number of nitrogens with zero attached hydrogens (tertiary/aromatic N) is 2. The van der Waals surface area contributed by atoms with Crippen LogP contribution in [0.25, 0.3) is 0 Å². The van der Waals surface area contributed by atoms with Crippen LogP contribution in [0.3, 0.4) is 0 Å². The van der Waals surface area contributed by atoms with E-state index < -0.39 is 0 Å². The molecule has 6 heteroatoms. The van der Waals surface area contributed by atoms with Gasteiger partial charge in [0.05, 0.1) is 9.90 Å². The lowest BCUT2D eigenvalue weighted by Gasteiger charge is -2.29. The number of alkyl halides is 4. The van der Waals surface area contributed by atoms with Gasteiger partial charge in [0, 0.05) is 34.8 Å². The Morgan fingerprint density at radius 3 is 1.42 bits per heavy atom. The molecule has 0 amide bonds. The second kappa shape index (κ2) is 8.39. The normalized spacial score (nSPS) is 34.6. The topological polar surface area (TPSA) is 6.48 Å². The average molecular weight is 588 g/mol. The third-order valence-corrected chi connectivity index (χ3v) is 7.58. The first-order valence-corrected chi connectivity index (χ1v) is 12.2. The second-order valence-electron chi connectivity index (χ2n) is 6.91. The third-order valence-electron chi connectivity index (χ3n) is 5.20. The summed E-state index contributed by atoms with van der Waals surface area (Å²) in [5, 5.41) is 0. The van der Waals surface area contributed by atoms with Crippen LogP contribution in [0.5, 0.6) is 0 Å². The molecule has 0 N–H and O–H groups in total. The highest BCUT2D eigenvalue weighted by Gasteiger charge is 2.35. The summed E-state index contributed by atoms with van der Waals surface area (Å²) in [7, 11) is 0. The number of benzene rings is 1. The molecule has 2 aliphatic rings. The van der Waals surface area contributed by atoms with Crippen LogP contribution in [-0.4, -0.2) is 42.4 Å². The van der Waals surface area contributed by atoms with Gasteiger partial charge in [-0.25, -0.2) is 0 Å². The highest BCUT2D eigenvalue weighted by atomic mass is 79.9. The molecule has 0 aliphatic carbocycles. The number of rotatable bonds is 4. The number of hydrogen-bond donors (Lipinski definition) is 0. The van der Waals surface area contributed by atoms with Crippen LogP contribution in [-0.2, 0) is 0 Å². The summed E-state index contributed by atoms with van der Waals surface area (Å²) in [4.78, 5) is 7.03. The minimum atomic E-state index is 0.401. The maximum atomic E-state index is 3.80. The van der Waals surface area contributed by atoms with Crippen LogP contribution in [0.4, 0.5) is 0 Å². The molecule has 0 radical (unpaired) electrons. The average Bonchev–Trinajstić information content (AvgIpc) is 3.11. The first-order valence-electron chi connectivity index (χ1n) is 8.54. The van der Waals surface area contributed by atoms with Crippen LogP contribution in [0.15, 0.2) is 24.3 Å². The monoisotopic (exact) mass is 584 g/mol. The van der Waals surface area contributed by atoms with E-state index in [0.29, 0.717) is 31.6 Å². The van der Waals surface area contributed by atoms with E-state index in [0.717, 1.165) is 13.1 Å². The fourth-order valence-corrected chi connectivity index (χ4v) is 6.28. The van der Waals surface area contributed by atoms with Crippen molar-refractivity contribution in [3.8, 4) is 0 Å². The van der Waals surface area contributed by atoms with Crippen molar-refractivity contribution in [1.82, 2.24) is 9.80 Å². The second-order valence-corrected chi connectivity index (χ2v) is 12.1. The lowest BCUT2D eigenvalue weighted by atomic mass is 9.98. The van der Waals surface area contributed by atoms with Crippen molar-refractivity contribution in [1.29, 1.82) is 0 Å². The van der Waals surface area contributed by atoms with Crippen molar-refractivity contribution in [2.45, 2.75) is 58.3 Å². The van der Waals surface area contributed by atoms with Crippen LogP contribution >= 0.6 is 63.7 Å². The van der Waals surface area contributed by atoms with E-state index in [9.17, 15) is 0 Å². The smallest absolute Gasteiger partial charge is 0.0632 e. The van der Waals surface area contributed by atoms with Crippen molar-refractivity contribution in [2.24, 2.45) is 0 Å². The standard InChI is InChI=1S/C18H24Br4N2/c1-11(19)23-9-15(21)7-17(23)13-3-5-14(6-4-13)18-8-16(22)10-24(18)12(2)20/h3-6,11-12,15-18H,7-10H2,1-2H3. The van der Waals surface area contributed by atoms with Gasteiger partial charge in [0.2, 0.25) is 0 Å². The maximum absolute atomic E-state index is 3.80. The van der Waals surface area contributed by atoms with Gasteiger partial charge >= 0.3 is 0 Å². The molecule has 2 saturated heterocycles. The molecule has 6 unspecified atom stereocenters. The van der Waals surface area contributed by atoms with Gasteiger partial charge in [-0.05, 0) is 37.8 Å². The Morgan fingerprint density at radius 1 is 0.792 bits per heavy atom. The van der Waals surface area contributed by atoms with Gasteiger partial charge in [-0.15, -0.1) is 0 Å². The molecule has 3 rings (SSSR count). The first kappa shape index (κ1) is 19.8. The molecule has 6 atom stereocenters. The molecule has 1 aromatic carbocycles. The third kappa shape index (κ3) is 4.30. The molecule has 2 fully saturated rings. The Hall–Kier alpha value is 1.06. The van der Waals surface area contributed by atoms with E-state index in [1.165, 1.54) is 24.0 Å².